The Kier molecular flexibility index (Phi) is 10.7. The average Bonchev–Trinajstić information content (AvgIpc) is 3.60. The highest BCUT2D eigenvalue weighted by Gasteiger charge is 2.24. The highest BCUT2D eigenvalue weighted by atomic mass is 19.1. The molecule has 6 nitrogen and oxygen atoms in total. The number of halogens is 2. The van der Waals surface area contributed by atoms with Gasteiger partial charge in [-0.3, -0.25) is 4.79 Å². The maximum atomic E-state index is 14.1. The lowest BCUT2D eigenvalue weighted by atomic mass is 9.99. The zero-order chi connectivity index (χ0) is 32.8. The van der Waals surface area contributed by atoms with Crippen LogP contribution in [0, 0.1) is 25.5 Å². The Labute approximate surface area is 270 Å². The molecule has 1 amide bonds. The first kappa shape index (κ1) is 33.1. The minimum absolute atomic E-state index is 0.0480. The van der Waals surface area contributed by atoms with E-state index in [1.807, 2.05) is 38.1 Å². The molecular formula is C38H44F2N4O2. The number of nitrogens with one attached hydrogen (secondary N) is 2. The molecule has 2 atom stereocenters. The topological polar surface area (TPSA) is 71.2 Å². The third-order valence-corrected chi connectivity index (χ3v) is 8.63. The number of nitrogens with zero attached hydrogens (tertiary/aromatic N) is 2. The molecule has 0 bridgehead atoms. The number of aliphatic hydroxyl groups excluding tert-OH is 1. The van der Waals surface area contributed by atoms with E-state index in [1.54, 1.807) is 0 Å². The molecule has 0 radical (unpaired) electrons. The number of aromatic nitrogens is 2. The van der Waals surface area contributed by atoms with Crippen LogP contribution in [0.1, 0.15) is 65.1 Å². The van der Waals surface area contributed by atoms with Gasteiger partial charge in [-0.2, -0.15) is 0 Å². The highest BCUT2D eigenvalue weighted by Crippen LogP contribution is 2.29. The van der Waals surface area contributed by atoms with Crippen LogP contribution in [0.2, 0.25) is 0 Å². The molecule has 5 aromatic rings. The summed E-state index contributed by atoms with van der Waals surface area (Å²) in [5, 5.41) is 18.7. The Bertz CT molecular complexity index is 1770. The fraction of sp³-hybridized carbons (Fsp3) is 0.342. The molecule has 0 aliphatic carbocycles. The van der Waals surface area contributed by atoms with Crippen LogP contribution in [0.4, 0.5) is 8.78 Å². The van der Waals surface area contributed by atoms with Crippen molar-refractivity contribution < 1.29 is 18.7 Å². The molecule has 0 aliphatic heterocycles. The number of aliphatic hydroxyl groups is 1. The van der Waals surface area contributed by atoms with E-state index >= 15 is 0 Å². The predicted molar refractivity (Wildman–Crippen MR) is 180 cm³/mol. The second-order valence-electron chi connectivity index (χ2n) is 12.2. The second-order valence-corrected chi connectivity index (χ2v) is 12.2. The van der Waals surface area contributed by atoms with Gasteiger partial charge >= 0.3 is 0 Å². The molecule has 0 aliphatic rings. The molecule has 3 aromatic carbocycles. The Morgan fingerprint density at radius 2 is 1.61 bits per heavy atom. The van der Waals surface area contributed by atoms with E-state index in [2.05, 4.69) is 70.1 Å². The van der Waals surface area contributed by atoms with E-state index in [9.17, 15) is 18.7 Å². The Balaban J connectivity index is 1.45. The maximum absolute atomic E-state index is 14.1. The fourth-order valence-electron chi connectivity index (χ4n) is 6.15. The lowest BCUT2D eigenvalue weighted by molar-refractivity contribution is 0.0830. The van der Waals surface area contributed by atoms with Crippen LogP contribution in [0.25, 0.3) is 16.6 Å². The van der Waals surface area contributed by atoms with Crippen LogP contribution in [0.15, 0.2) is 79.0 Å². The third kappa shape index (κ3) is 7.74. The van der Waals surface area contributed by atoms with Gasteiger partial charge in [0.15, 0.2) is 0 Å². The van der Waals surface area contributed by atoms with Crippen LogP contribution in [-0.2, 0) is 25.9 Å². The average molecular weight is 627 g/mol. The molecule has 3 N–H and O–H groups in total. The quantitative estimate of drug-likeness (QED) is 0.122. The summed E-state index contributed by atoms with van der Waals surface area (Å²) >= 11 is 0. The standard InChI is InChI=1S/C38H44F2N4O2/c1-5-7-14-43-15-13-33-35(43)20-30(21-36(33)44-25(3)11-12-26(44)4)38(46)42-34(19-29-17-31(39)22-32(40)18-29)37(45)24-41-23-28-10-8-9-27(6-2)16-28/h8-13,15-18,20-22,34,37,41,45H,5-7,14,19,23-24H2,1-4H3,(H,42,46)/t34-,37+/m0/s1. The van der Waals surface area contributed by atoms with Gasteiger partial charge in [0.2, 0.25) is 0 Å². The maximum Gasteiger partial charge on any atom is 0.251 e. The molecule has 8 heteroatoms. The Hall–Kier alpha value is -4.27. The van der Waals surface area contributed by atoms with Crippen molar-refractivity contribution in [3.05, 3.63) is 124 Å². The van der Waals surface area contributed by atoms with Crippen molar-refractivity contribution in [2.45, 2.75) is 78.6 Å². The molecule has 46 heavy (non-hydrogen) atoms. The number of amides is 1. The first-order valence-electron chi connectivity index (χ1n) is 16.2. The molecular weight excluding hydrogens is 582 g/mol. The zero-order valence-electron chi connectivity index (χ0n) is 27.1. The van der Waals surface area contributed by atoms with E-state index in [1.165, 1.54) is 17.7 Å². The minimum Gasteiger partial charge on any atom is -0.390 e. The summed E-state index contributed by atoms with van der Waals surface area (Å²) in [5.41, 5.74) is 7.05. The van der Waals surface area contributed by atoms with Crippen molar-refractivity contribution in [1.29, 1.82) is 0 Å². The lowest BCUT2D eigenvalue weighted by Gasteiger charge is -2.25. The van der Waals surface area contributed by atoms with Crippen molar-refractivity contribution in [2.24, 2.45) is 0 Å². The van der Waals surface area contributed by atoms with Crippen LogP contribution in [0.3, 0.4) is 0 Å². The van der Waals surface area contributed by atoms with Crippen LogP contribution >= 0.6 is 0 Å². The summed E-state index contributed by atoms with van der Waals surface area (Å²) in [7, 11) is 0. The van der Waals surface area contributed by atoms with Crippen molar-refractivity contribution in [2.75, 3.05) is 6.54 Å². The van der Waals surface area contributed by atoms with Crippen LogP contribution < -0.4 is 10.6 Å². The Morgan fingerprint density at radius 3 is 2.30 bits per heavy atom. The van der Waals surface area contributed by atoms with E-state index in [0.717, 1.165) is 65.4 Å². The molecule has 0 saturated carbocycles. The summed E-state index contributed by atoms with van der Waals surface area (Å²) in [6.45, 7) is 9.85. The number of benzene rings is 3. The normalized spacial score (nSPS) is 12.8. The van der Waals surface area contributed by atoms with Crippen molar-refractivity contribution in [3.63, 3.8) is 0 Å². The van der Waals surface area contributed by atoms with Crippen molar-refractivity contribution >= 4 is 16.8 Å². The number of unbranched alkanes of at least 4 members (excludes halogenated alkanes) is 1. The van der Waals surface area contributed by atoms with E-state index in [-0.39, 0.29) is 18.9 Å². The molecule has 2 heterocycles. The summed E-state index contributed by atoms with van der Waals surface area (Å²) < 4.78 is 32.6. The predicted octanol–water partition coefficient (Wildman–Crippen LogP) is 7.18. The SMILES string of the molecule is CCCCn1ccc2c(-n3c(C)ccc3C)cc(C(=O)N[C@@H](Cc3cc(F)cc(F)c3)[C@H](O)CNCc3cccc(CC)c3)cc21. The fourth-order valence-corrected chi connectivity index (χ4v) is 6.15. The number of carbonyl (C=O) groups excluding carboxylic acids is 1. The van der Waals surface area contributed by atoms with E-state index in [4.69, 9.17) is 0 Å². The molecule has 0 saturated heterocycles. The summed E-state index contributed by atoms with van der Waals surface area (Å²) in [6, 6.07) is 20.7. The van der Waals surface area contributed by atoms with Gasteiger partial charge in [0.05, 0.1) is 23.3 Å². The molecule has 2 aromatic heterocycles. The summed E-state index contributed by atoms with van der Waals surface area (Å²) in [5.74, 6) is -1.78. The highest BCUT2D eigenvalue weighted by molar-refractivity contribution is 6.01. The third-order valence-electron chi connectivity index (χ3n) is 8.63. The monoisotopic (exact) mass is 626 g/mol. The number of hydrogen-bond acceptors (Lipinski definition) is 3. The number of aryl methyl sites for hydroxylation is 4. The first-order valence-corrected chi connectivity index (χ1v) is 16.2. The summed E-state index contributed by atoms with van der Waals surface area (Å²) in [6.07, 6.45) is 4.05. The smallest absolute Gasteiger partial charge is 0.251 e. The minimum atomic E-state index is -1.03. The van der Waals surface area contributed by atoms with Gasteiger partial charge in [-0.05, 0) is 92.3 Å². The van der Waals surface area contributed by atoms with Gasteiger partial charge in [-0.1, -0.05) is 44.5 Å². The van der Waals surface area contributed by atoms with Gasteiger partial charge in [0.1, 0.15) is 11.6 Å². The molecule has 5 rings (SSSR count). The van der Waals surface area contributed by atoms with Crippen LogP contribution in [0.5, 0.6) is 0 Å². The van der Waals surface area contributed by atoms with Crippen molar-refractivity contribution in [1.82, 2.24) is 19.8 Å². The largest absolute Gasteiger partial charge is 0.390 e. The van der Waals surface area contributed by atoms with Gasteiger partial charge in [0, 0.05) is 54.2 Å². The van der Waals surface area contributed by atoms with Crippen molar-refractivity contribution in [3.8, 4) is 5.69 Å². The molecule has 0 spiro atoms. The van der Waals surface area contributed by atoms with E-state index in [0.29, 0.717) is 17.7 Å². The van der Waals surface area contributed by atoms with E-state index < -0.39 is 23.8 Å². The first-order chi connectivity index (χ1) is 22.2. The number of hydrogen-bond donors (Lipinski definition) is 3. The molecule has 0 unspecified atom stereocenters. The Morgan fingerprint density at radius 1 is 0.891 bits per heavy atom. The lowest BCUT2D eigenvalue weighted by Crippen LogP contribution is -2.48. The zero-order valence-corrected chi connectivity index (χ0v) is 27.1. The number of carbonyl (C=O) groups is 1. The van der Waals surface area contributed by atoms with Gasteiger partial charge in [-0.15, -0.1) is 0 Å². The van der Waals surface area contributed by atoms with Gasteiger partial charge in [0.25, 0.3) is 5.91 Å². The van der Waals surface area contributed by atoms with Crippen LogP contribution in [-0.4, -0.2) is 38.8 Å². The number of rotatable bonds is 14. The van der Waals surface area contributed by atoms with Gasteiger partial charge in [-0.25, -0.2) is 8.78 Å². The number of fused-ring (bicyclic) bond motifs is 1. The summed E-state index contributed by atoms with van der Waals surface area (Å²) in [4.78, 5) is 14.0. The van der Waals surface area contributed by atoms with Gasteiger partial charge < -0.3 is 24.9 Å². The second kappa shape index (κ2) is 14.9. The molecule has 0 fully saturated rings. The molecule has 242 valence electrons.